The zero-order valence-electron chi connectivity index (χ0n) is 17.6. The van der Waals surface area contributed by atoms with Gasteiger partial charge in [0.2, 0.25) is 0 Å². The first-order chi connectivity index (χ1) is 16.4. The minimum Gasteiger partial charge on any atom is -0.269 e. The standard InChI is InChI=1S/C23H19Cl2N5O3S/c24-17-8-6-16(7-9-17)22-14-19(27-30(22)20-12-10-18(25)11-13-20)15-26-23(28-31)29-34(32,33)21-4-2-1-3-5-21/h1-14,31H,15H2,(H2,26,28,29)/p+1. The number of hydrogen-bond acceptors (Lipinski definition) is 4. The van der Waals surface area contributed by atoms with Crippen molar-refractivity contribution in [3.8, 4) is 16.9 Å². The van der Waals surface area contributed by atoms with Gasteiger partial charge in [-0.05, 0) is 54.6 Å². The molecule has 0 unspecified atom stereocenters. The van der Waals surface area contributed by atoms with Gasteiger partial charge in [0.15, 0.2) is 0 Å². The Morgan fingerprint density at radius 2 is 1.56 bits per heavy atom. The molecule has 0 atom stereocenters. The van der Waals surface area contributed by atoms with Crippen molar-refractivity contribution in [2.45, 2.75) is 11.4 Å². The fourth-order valence-corrected chi connectivity index (χ4v) is 4.46. The van der Waals surface area contributed by atoms with Crippen LogP contribution in [0.1, 0.15) is 5.69 Å². The quantitative estimate of drug-likeness (QED) is 0.179. The molecule has 0 fully saturated rings. The lowest BCUT2D eigenvalue weighted by Gasteiger charge is -2.08. The molecule has 0 saturated heterocycles. The van der Waals surface area contributed by atoms with Gasteiger partial charge in [0, 0.05) is 15.6 Å². The monoisotopic (exact) mass is 516 g/mol. The lowest BCUT2D eigenvalue weighted by molar-refractivity contribution is -0.481. The topological polar surface area (TPSA) is 110 Å². The van der Waals surface area contributed by atoms with E-state index < -0.39 is 10.0 Å². The van der Waals surface area contributed by atoms with E-state index in [4.69, 9.17) is 23.2 Å². The number of hydrogen-bond donors (Lipinski definition) is 4. The molecule has 0 aliphatic carbocycles. The summed E-state index contributed by atoms with van der Waals surface area (Å²) in [6, 6.07) is 24.2. The van der Waals surface area contributed by atoms with Crippen molar-refractivity contribution in [2.24, 2.45) is 0 Å². The van der Waals surface area contributed by atoms with Gasteiger partial charge in [0.05, 0.1) is 17.1 Å². The Balaban J connectivity index is 1.64. The third-order valence-corrected chi connectivity index (χ3v) is 6.69. The minimum absolute atomic E-state index is 0.0570. The van der Waals surface area contributed by atoms with E-state index in [1.807, 2.05) is 35.8 Å². The van der Waals surface area contributed by atoms with Crippen LogP contribution < -0.4 is 15.2 Å². The summed E-state index contributed by atoms with van der Waals surface area (Å²) in [6.45, 7) is 0.112. The molecule has 0 amide bonds. The van der Waals surface area contributed by atoms with Crippen LogP contribution in [0, 0.1) is 0 Å². The Morgan fingerprint density at radius 3 is 2.18 bits per heavy atom. The lowest BCUT2D eigenvalue weighted by atomic mass is 10.1. The molecule has 174 valence electrons. The largest absolute Gasteiger partial charge is 0.387 e. The first kappa shape index (κ1) is 23.8. The van der Waals surface area contributed by atoms with Crippen LogP contribution in [-0.4, -0.2) is 29.4 Å². The van der Waals surface area contributed by atoms with Crippen LogP contribution in [0.25, 0.3) is 16.9 Å². The van der Waals surface area contributed by atoms with E-state index >= 15 is 0 Å². The van der Waals surface area contributed by atoms with Crippen LogP contribution in [0.3, 0.4) is 0 Å². The predicted octanol–water partition coefficient (Wildman–Crippen LogP) is 2.74. The molecule has 8 nitrogen and oxygen atoms in total. The third kappa shape index (κ3) is 5.57. The van der Waals surface area contributed by atoms with E-state index in [0.717, 1.165) is 16.9 Å². The number of guanidine groups is 1. The third-order valence-electron chi connectivity index (χ3n) is 4.82. The number of hydroxylamine groups is 1. The average Bonchev–Trinajstić information content (AvgIpc) is 3.27. The number of nitrogens with zero attached hydrogens (tertiary/aromatic N) is 2. The molecule has 0 spiro atoms. The first-order valence-corrected chi connectivity index (χ1v) is 12.3. The normalized spacial score (nSPS) is 11.9. The summed E-state index contributed by atoms with van der Waals surface area (Å²) in [4.78, 5) is 2.88. The van der Waals surface area contributed by atoms with E-state index in [1.165, 1.54) is 12.1 Å². The van der Waals surface area contributed by atoms with Gasteiger partial charge in [-0.15, -0.1) is 5.48 Å². The van der Waals surface area contributed by atoms with Crippen molar-refractivity contribution in [1.29, 1.82) is 0 Å². The second-order valence-electron chi connectivity index (χ2n) is 7.17. The fourth-order valence-electron chi connectivity index (χ4n) is 3.19. The number of benzene rings is 3. The molecule has 4 rings (SSSR count). The highest BCUT2D eigenvalue weighted by Crippen LogP contribution is 2.26. The highest BCUT2D eigenvalue weighted by atomic mass is 35.5. The molecule has 1 aromatic heterocycles. The molecule has 0 saturated carbocycles. The van der Waals surface area contributed by atoms with Crippen molar-refractivity contribution < 1.29 is 18.6 Å². The summed E-state index contributed by atoms with van der Waals surface area (Å²) in [5, 5.41) is 15.3. The Morgan fingerprint density at radius 1 is 0.941 bits per heavy atom. The summed E-state index contributed by atoms with van der Waals surface area (Å²) in [5.41, 5.74) is 4.90. The molecule has 0 bridgehead atoms. The summed E-state index contributed by atoms with van der Waals surface area (Å²) in [7, 11) is -3.90. The zero-order chi connectivity index (χ0) is 24.1. The van der Waals surface area contributed by atoms with E-state index in [-0.39, 0.29) is 17.4 Å². The maximum absolute atomic E-state index is 12.5. The molecule has 0 aliphatic heterocycles. The Kier molecular flexibility index (Phi) is 7.18. The summed E-state index contributed by atoms with van der Waals surface area (Å²) in [6.07, 6.45) is 0. The van der Waals surface area contributed by atoms with Crippen LogP contribution in [0.4, 0.5) is 0 Å². The van der Waals surface area contributed by atoms with Crippen LogP contribution in [0.15, 0.2) is 89.8 Å². The maximum Gasteiger partial charge on any atom is 0.387 e. The SMILES string of the molecule is O=S(=O)(NC(NO)=[NH+]Cc1cc(-c2ccc(Cl)cc2)n(-c2ccc(Cl)cc2)n1)c1ccccc1. The van der Waals surface area contributed by atoms with E-state index in [2.05, 4.69) is 14.8 Å². The second-order valence-corrected chi connectivity index (χ2v) is 9.73. The Hall–Kier alpha value is -3.37. The lowest BCUT2D eigenvalue weighted by Crippen LogP contribution is -2.78. The summed E-state index contributed by atoms with van der Waals surface area (Å²) in [5.74, 6) is -0.210. The zero-order valence-corrected chi connectivity index (χ0v) is 19.9. The van der Waals surface area contributed by atoms with Gasteiger partial charge >= 0.3 is 16.0 Å². The van der Waals surface area contributed by atoms with Gasteiger partial charge in [0.1, 0.15) is 11.4 Å². The number of nitrogens with one attached hydrogen (secondary N) is 3. The smallest absolute Gasteiger partial charge is 0.269 e. The van der Waals surface area contributed by atoms with Gasteiger partial charge in [0.25, 0.3) is 0 Å². The Bertz CT molecular complexity index is 1340. The van der Waals surface area contributed by atoms with Crippen molar-refractivity contribution in [3.05, 3.63) is 101 Å². The van der Waals surface area contributed by atoms with Crippen LogP contribution >= 0.6 is 23.2 Å². The van der Waals surface area contributed by atoms with Gasteiger partial charge in [-0.3, -0.25) is 4.99 Å². The van der Waals surface area contributed by atoms with Gasteiger partial charge < -0.3 is 0 Å². The van der Waals surface area contributed by atoms with Crippen molar-refractivity contribution in [2.75, 3.05) is 0 Å². The minimum atomic E-state index is -3.90. The number of rotatable bonds is 6. The average molecular weight is 517 g/mol. The van der Waals surface area contributed by atoms with Crippen molar-refractivity contribution in [3.63, 3.8) is 0 Å². The highest BCUT2D eigenvalue weighted by molar-refractivity contribution is 7.90. The molecule has 4 aromatic rings. The summed E-state index contributed by atoms with van der Waals surface area (Å²) < 4.78 is 29.1. The van der Waals surface area contributed by atoms with Crippen LogP contribution in [0.2, 0.25) is 10.0 Å². The molecule has 34 heavy (non-hydrogen) atoms. The van der Waals surface area contributed by atoms with E-state index in [9.17, 15) is 13.6 Å². The summed E-state index contributed by atoms with van der Waals surface area (Å²) >= 11 is 12.1. The molecular weight excluding hydrogens is 497 g/mol. The van der Waals surface area contributed by atoms with Crippen LogP contribution in [0.5, 0.6) is 0 Å². The van der Waals surface area contributed by atoms with E-state index in [0.29, 0.717) is 15.7 Å². The molecule has 0 radical (unpaired) electrons. The molecule has 1 heterocycles. The Labute approximate surface area is 206 Å². The number of aromatic nitrogens is 2. The maximum atomic E-state index is 12.5. The van der Waals surface area contributed by atoms with Gasteiger partial charge in [-0.2, -0.15) is 18.2 Å². The van der Waals surface area contributed by atoms with Gasteiger partial charge in [-0.25, -0.2) is 9.89 Å². The number of sulfonamides is 1. The fraction of sp³-hybridized carbons (Fsp3) is 0.0435. The molecular formula is C23H20Cl2N5O3S+. The molecule has 11 heteroatoms. The van der Waals surface area contributed by atoms with Crippen molar-refractivity contribution in [1.82, 2.24) is 20.0 Å². The second kappa shape index (κ2) is 10.3. The number of halogens is 2. The van der Waals surface area contributed by atoms with Crippen LogP contribution in [-0.2, 0) is 16.6 Å². The van der Waals surface area contributed by atoms with Gasteiger partial charge in [-0.1, -0.05) is 53.5 Å². The van der Waals surface area contributed by atoms with Crippen molar-refractivity contribution >= 4 is 39.2 Å². The highest BCUT2D eigenvalue weighted by Gasteiger charge is 2.21. The predicted molar refractivity (Wildman–Crippen MR) is 130 cm³/mol. The first-order valence-electron chi connectivity index (χ1n) is 10.1. The molecule has 3 aromatic carbocycles. The van der Waals surface area contributed by atoms with E-state index in [1.54, 1.807) is 47.1 Å². The molecule has 0 aliphatic rings. The molecule has 4 N–H and O–H groups in total.